The van der Waals surface area contributed by atoms with E-state index in [1.54, 1.807) is 18.2 Å². The Morgan fingerprint density at radius 2 is 1.88 bits per heavy atom. The SMILES string of the molecule is COc1ccc(Cl)cc1NC(=O)CSc1nnc(C(C)Oc2ccc(C(C)(C)C)cc2)n1C. The van der Waals surface area contributed by atoms with E-state index in [9.17, 15) is 4.79 Å². The number of nitrogens with zero attached hydrogens (tertiary/aromatic N) is 3. The second-order valence-electron chi connectivity index (χ2n) is 8.62. The Hall–Kier alpha value is -2.71. The number of aromatic nitrogens is 3. The summed E-state index contributed by atoms with van der Waals surface area (Å²) in [6.07, 6.45) is -0.304. The number of ether oxygens (including phenoxy) is 2. The molecule has 176 valence electrons. The number of amides is 1. The minimum atomic E-state index is -0.304. The molecule has 2 aromatic carbocycles. The van der Waals surface area contributed by atoms with Crippen molar-refractivity contribution in [1.82, 2.24) is 14.8 Å². The molecule has 0 spiro atoms. The average molecular weight is 489 g/mol. The molecule has 1 N–H and O–H groups in total. The maximum Gasteiger partial charge on any atom is 0.234 e. The molecule has 1 heterocycles. The van der Waals surface area contributed by atoms with E-state index in [0.29, 0.717) is 27.4 Å². The average Bonchev–Trinajstić information content (AvgIpc) is 3.12. The maximum absolute atomic E-state index is 12.4. The highest BCUT2D eigenvalue weighted by molar-refractivity contribution is 7.99. The molecule has 1 unspecified atom stereocenters. The number of benzene rings is 2. The molecular formula is C24H29ClN4O3S. The third-order valence-corrected chi connectivity index (χ3v) is 6.29. The van der Waals surface area contributed by atoms with Gasteiger partial charge in [-0.25, -0.2) is 0 Å². The monoisotopic (exact) mass is 488 g/mol. The van der Waals surface area contributed by atoms with Crippen LogP contribution in [0.4, 0.5) is 5.69 Å². The first-order valence-corrected chi connectivity index (χ1v) is 11.9. The van der Waals surface area contributed by atoms with Crippen LogP contribution < -0.4 is 14.8 Å². The van der Waals surface area contributed by atoms with Gasteiger partial charge in [0.05, 0.1) is 18.6 Å². The Morgan fingerprint density at radius 1 is 1.18 bits per heavy atom. The summed E-state index contributed by atoms with van der Waals surface area (Å²) in [6.45, 7) is 8.45. The Balaban J connectivity index is 1.60. The molecule has 0 fully saturated rings. The number of halogens is 1. The van der Waals surface area contributed by atoms with Crippen LogP contribution in [0.2, 0.25) is 5.02 Å². The Morgan fingerprint density at radius 3 is 2.52 bits per heavy atom. The fraction of sp³-hybridized carbons (Fsp3) is 0.375. The highest BCUT2D eigenvalue weighted by Crippen LogP contribution is 2.29. The summed E-state index contributed by atoms with van der Waals surface area (Å²) in [4.78, 5) is 12.4. The first-order chi connectivity index (χ1) is 15.6. The van der Waals surface area contributed by atoms with Crippen LogP contribution in [0.5, 0.6) is 11.5 Å². The van der Waals surface area contributed by atoms with Crippen molar-refractivity contribution >= 4 is 35.0 Å². The van der Waals surface area contributed by atoms with Gasteiger partial charge in [0.25, 0.3) is 0 Å². The van der Waals surface area contributed by atoms with Gasteiger partial charge in [-0.2, -0.15) is 0 Å². The normalized spacial score (nSPS) is 12.3. The minimum Gasteiger partial charge on any atom is -0.495 e. The highest BCUT2D eigenvalue weighted by atomic mass is 35.5. The molecule has 9 heteroatoms. The van der Waals surface area contributed by atoms with Crippen molar-refractivity contribution in [1.29, 1.82) is 0 Å². The van der Waals surface area contributed by atoms with Crippen molar-refractivity contribution in [2.24, 2.45) is 7.05 Å². The van der Waals surface area contributed by atoms with Gasteiger partial charge < -0.3 is 19.4 Å². The van der Waals surface area contributed by atoms with Crippen molar-refractivity contribution in [3.63, 3.8) is 0 Å². The van der Waals surface area contributed by atoms with Crippen molar-refractivity contribution in [3.05, 3.63) is 58.9 Å². The lowest BCUT2D eigenvalue weighted by molar-refractivity contribution is -0.113. The maximum atomic E-state index is 12.4. The lowest BCUT2D eigenvalue weighted by Gasteiger charge is -2.20. The van der Waals surface area contributed by atoms with E-state index in [1.165, 1.54) is 24.4 Å². The minimum absolute atomic E-state index is 0.0874. The largest absolute Gasteiger partial charge is 0.495 e. The van der Waals surface area contributed by atoms with Gasteiger partial charge in [-0.15, -0.1) is 10.2 Å². The van der Waals surface area contributed by atoms with Crippen molar-refractivity contribution in [2.75, 3.05) is 18.2 Å². The molecule has 3 aromatic rings. The van der Waals surface area contributed by atoms with Crippen molar-refractivity contribution in [2.45, 2.75) is 44.4 Å². The molecule has 1 amide bonds. The zero-order chi connectivity index (χ0) is 24.2. The van der Waals surface area contributed by atoms with E-state index in [-0.39, 0.29) is 23.2 Å². The fourth-order valence-electron chi connectivity index (χ4n) is 3.19. The molecule has 33 heavy (non-hydrogen) atoms. The number of carbonyl (C=O) groups excluding carboxylic acids is 1. The Bertz CT molecular complexity index is 1110. The van der Waals surface area contributed by atoms with Crippen LogP contribution in [0, 0.1) is 0 Å². The molecule has 0 aliphatic heterocycles. The van der Waals surface area contributed by atoms with E-state index in [0.717, 1.165) is 5.75 Å². The van der Waals surface area contributed by atoms with Crippen LogP contribution in [0.15, 0.2) is 47.6 Å². The standard InChI is InChI=1S/C24H29ClN4O3S/c1-15(32-18-10-7-16(8-11-18)24(2,3)4)22-27-28-23(29(22)5)33-14-21(30)26-19-13-17(25)9-12-20(19)31-6/h7-13,15H,14H2,1-6H3,(H,26,30). The van der Waals surface area contributed by atoms with Crippen LogP contribution >= 0.6 is 23.4 Å². The fourth-order valence-corrected chi connectivity index (χ4v) is 4.08. The first kappa shape index (κ1) is 24.9. The van der Waals surface area contributed by atoms with Gasteiger partial charge in [0.15, 0.2) is 17.1 Å². The van der Waals surface area contributed by atoms with E-state index in [2.05, 4.69) is 48.4 Å². The van der Waals surface area contributed by atoms with Crippen LogP contribution in [0.1, 0.15) is 45.2 Å². The van der Waals surface area contributed by atoms with Crippen molar-refractivity contribution < 1.29 is 14.3 Å². The van der Waals surface area contributed by atoms with E-state index in [1.807, 2.05) is 30.7 Å². The van der Waals surface area contributed by atoms with Crippen LogP contribution in [0.3, 0.4) is 0 Å². The van der Waals surface area contributed by atoms with Gasteiger partial charge in [0, 0.05) is 12.1 Å². The van der Waals surface area contributed by atoms with Crippen LogP contribution in [-0.4, -0.2) is 33.5 Å². The van der Waals surface area contributed by atoms with Crippen LogP contribution in [0.25, 0.3) is 0 Å². The van der Waals surface area contributed by atoms with Crippen LogP contribution in [-0.2, 0) is 17.3 Å². The van der Waals surface area contributed by atoms with Gasteiger partial charge >= 0.3 is 0 Å². The number of carbonyl (C=O) groups is 1. The van der Waals surface area contributed by atoms with E-state index < -0.39 is 0 Å². The molecule has 3 rings (SSSR count). The predicted octanol–water partition coefficient (Wildman–Crippen LogP) is 5.65. The smallest absolute Gasteiger partial charge is 0.234 e. The number of nitrogens with one attached hydrogen (secondary N) is 1. The van der Waals surface area contributed by atoms with Gasteiger partial charge in [0.2, 0.25) is 5.91 Å². The number of thioether (sulfide) groups is 1. The lowest BCUT2D eigenvalue weighted by Crippen LogP contribution is -2.15. The topological polar surface area (TPSA) is 78.3 Å². The first-order valence-electron chi connectivity index (χ1n) is 10.5. The molecule has 0 radical (unpaired) electrons. The zero-order valence-corrected chi connectivity index (χ0v) is 21.3. The molecule has 7 nitrogen and oxygen atoms in total. The molecule has 1 aromatic heterocycles. The van der Waals surface area contributed by atoms with Gasteiger partial charge in [-0.05, 0) is 48.2 Å². The van der Waals surface area contributed by atoms with Crippen molar-refractivity contribution in [3.8, 4) is 11.5 Å². The summed E-state index contributed by atoms with van der Waals surface area (Å²) < 4.78 is 13.2. The number of anilines is 1. The summed E-state index contributed by atoms with van der Waals surface area (Å²) in [5.74, 6) is 1.94. The molecule has 0 saturated carbocycles. The molecule has 0 aliphatic rings. The summed E-state index contributed by atoms with van der Waals surface area (Å²) in [5.41, 5.74) is 1.85. The molecule has 0 saturated heterocycles. The Labute approximate surface area is 203 Å². The number of rotatable bonds is 8. The summed E-state index contributed by atoms with van der Waals surface area (Å²) in [6, 6.07) is 13.2. The lowest BCUT2D eigenvalue weighted by atomic mass is 9.87. The second-order valence-corrected chi connectivity index (χ2v) is 9.99. The predicted molar refractivity (Wildman–Crippen MR) is 133 cm³/mol. The zero-order valence-electron chi connectivity index (χ0n) is 19.7. The number of hydrogen-bond acceptors (Lipinski definition) is 6. The van der Waals surface area contributed by atoms with E-state index in [4.69, 9.17) is 21.1 Å². The third kappa shape index (κ3) is 6.42. The van der Waals surface area contributed by atoms with Gasteiger partial charge in [-0.1, -0.05) is 56.3 Å². The number of methoxy groups -OCH3 is 1. The van der Waals surface area contributed by atoms with Gasteiger partial charge in [0.1, 0.15) is 11.5 Å². The Kier molecular flexibility index (Phi) is 7.92. The summed E-state index contributed by atoms with van der Waals surface area (Å²) in [7, 11) is 3.40. The second kappa shape index (κ2) is 10.5. The summed E-state index contributed by atoms with van der Waals surface area (Å²) >= 11 is 7.31. The highest BCUT2D eigenvalue weighted by Gasteiger charge is 2.19. The molecule has 0 aliphatic carbocycles. The number of hydrogen-bond donors (Lipinski definition) is 1. The molecule has 1 atom stereocenters. The molecule has 0 bridgehead atoms. The van der Waals surface area contributed by atoms with E-state index >= 15 is 0 Å². The quantitative estimate of drug-likeness (QED) is 0.413. The van der Waals surface area contributed by atoms with Gasteiger partial charge in [-0.3, -0.25) is 4.79 Å². The third-order valence-electron chi connectivity index (χ3n) is 5.03. The summed E-state index contributed by atoms with van der Waals surface area (Å²) in [5, 5.41) is 12.4. The molecular weight excluding hydrogens is 460 g/mol.